The lowest BCUT2D eigenvalue weighted by Gasteiger charge is -2.24. The SMILES string of the molecule is COc1cccc(C(O)=C2C(=O)C(=O)N(c3nc4ccc(C)cc4s3)C2c2cc(Br)c(O)c(OC)c2)c1. The lowest BCUT2D eigenvalue weighted by atomic mass is 9.95. The van der Waals surface area contributed by atoms with Gasteiger partial charge < -0.3 is 19.7 Å². The average molecular weight is 581 g/mol. The summed E-state index contributed by atoms with van der Waals surface area (Å²) in [5, 5.41) is 22.1. The maximum absolute atomic E-state index is 13.5. The third kappa shape index (κ3) is 4.21. The zero-order valence-electron chi connectivity index (χ0n) is 20.0. The monoisotopic (exact) mass is 580 g/mol. The number of thiazole rings is 1. The fourth-order valence-corrected chi connectivity index (χ4v) is 5.85. The van der Waals surface area contributed by atoms with Gasteiger partial charge in [0.1, 0.15) is 11.5 Å². The molecule has 1 fully saturated rings. The first-order valence-corrected chi connectivity index (χ1v) is 12.7. The van der Waals surface area contributed by atoms with E-state index in [4.69, 9.17) is 9.47 Å². The number of methoxy groups -OCH3 is 2. The van der Waals surface area contributed by atoms with Crippen LogP contribution in [0.25, 0.3) is 16.0 Å². The largest absolute Gasteiger partial charge is 0.507 e. The number of hydrogen-bond donors (Lipinski definition) is 2. The van der Waals surface area contributed by atoms with Crippen molar-refractivity contribution in [2.45, 2.75) is 13.0 Å². The molecule has 0 aliphatic carbocycles. The fraction of sp³-hybridized carbons (Fsp3) is 0.148. The van der Waals surface area contributed by atoms with Crippen LogP contribution in [-0.4, -0.2) is 41.1 Å². The van der Waals surface area contributed by atoms with Gasteiger partial charge in [-0.3, -0.25) is 14.5 Å². The number of hydrogen-bond acceptors (Lipinski definition) is 8. The van der Waals surface area contributed by atoms with Gasteiger partial charge in [-0.15, -0.1) is 0 Å². The summed E-state index contributed by atoms with van der Waals surface area (Å²) < 4.78 is 11.7. The van der Waals surface area contributed by atoms with E-state index in [-0.39, 0.29) is 22.8 Å². The first-order valence-electron chi connectivity index (χ1n) is 11.1. The third-order valence-electron chi connectivity index (χ3n) is 6.11. The van der Waals surface area contributed by atoms with E-state index >= 15 is 0 Å². The Morgan fingerprint density at radius 1 is 1.08 bits per heavy atom. The fourth-order valence-electron chi connectivity index (χ4n) is 4.30. The molecule has 3 aromatic carbocycles. The molecule has 1 saturated heterocycles. The van der Waals surface area contributed by atoms with Crippen LogP contribution in [0.1, 0.15) is 22.7 Å². The predicted octanol–water partition coefficient (Wildman–Crippen LogP) is 5.72. The molecule has 37 heavy (non-hydrogen) atoms. The Hall–Kier alpha value is -3.89. The average Bonchev–Trinajstić information content (AvgIpc) is 3.42. The van der Waals surface area contributed by atoms with Crippen LogP contribution in [0.2, 0.25) is 0 Å². The number of aliphatic hydroxyl groups excluding tert-OH is 1. The molecule has 1 aromatic heterocycles. The van der Waals surface area contributed by atoms with Gasteiger partial charge in [-0.25, -0.2) is 4.98 Å². The van der Waals surface area contributed by atoms with E-state index in [0.29, 0.717) is 32.0 Å². The first-order chi connectivity index (χ1) is 17.7. The summed E-state index contributed by atoms with van der Waals surface area (Å²) >= 11 is 4.59. The molecule has 2 N–H and O–H groups in total. The summed E-state index contributed by atoms with van der Waals surface area (Å²) in [6.07, 6.45) is 0. The number of rotatable bonds is 5. The number of anilines is 1. The van der Waals surface area contributed by atoms with Crippen LogP contribution < -0.4 is 14.4 Å². The first kappa shape index (κ1) is 24.8. The highest BCUT2D eigenvalue weighted by Crippen LogP contribution is 2.47. The van der Waals surface area contributed by atoms with Crippen LogP contribution in [0.4, 0.5) is 5.13 Å². The summed E-state index contributed by atoms with van der Waals surface area (Å²) in [5.74, 6) is -1.56. The van der Waals surface area contributed by atoms with Crippen molar-refractivity contribution in [1.82, 2.24) is 4.98 Å². The van der Waals surface area contributed by atoms with E-state index < -0.39 is 17.7 Å². The zero-order chi connectivity index (χ0) is 26.4. The van der Waals surface area contributed by atoms with E-state index in [9.17, 15) is 19.8 Å². The maximum Gasteiger partial charge on any atom is 0.301 e. The smallest absolute Gasteiger partial charge is 0.301 e. The highest BCUT2D eigenvalue weighted by molar-refractivity contribution is 9.10. The number of Topliss-reactive ketones (excluding diaryl/α,β-unsaturated/α-hetero) is 1. The number of nitrogens with zero attached hydrogens (tertiary/aromatic N) is 2. The molecule has 188 valence electrons. The van der Waals surface area contributed by atoms with Crippen LogP contribution >= 0.6 is 27.3 Å². The standard InChI is InChI=1S/C27H21BrN2O6S/c1-13-7-8-18-20(9-13)37-27(29-18)30-22(15-11-17(28)24(32)19(12-15)36-3)21(25(33)26(30)34)23(31)14-5-4-6-16(10-14)35-2/h4-12,22,31-32H,1-3H3. The van der Waals surface area contributed by atoms with Gasteiger partial charge in [0.05, 0.1) is 40.5 Å². The number of ether oxygens (including phenoxy) is 2. The molecule has 10 heteroatoms. The van der Waals surface area contributed by atoms with E-state index in [1.807, 2.05) is 25.1 Å². The normalized spacial score (nSPS) is 17.0. The number of fused-ring (bicyclic) bond motifs is 1. The second kappa shape index (κ2) is 9.53. The second-order valence-corrected chi connectivity index (χ2v) is 10.3. The zero-order valence-corrected chi connectivity index (χ0v) is 22.4. The van der Waals surface area contributed by atoms with Crippen LogP contribution in [0.3, 0.4) is 0 Å². The summed E-state index contributed by atoms with van der Waals surface area (Å²) in [5.41, 5.74) is 2.34. The van der Waals surface area contributed by atoms with E-state index in [1.54, 1.807) is 30.3 Å². The lowest BCUT2D eigenvalue weighted by molar-refractivity contribution is -0.132. The number of aliphatic hydroxyl groups is 1. The Labute approximate surface area is 224 Å². The molecular formula is C27H21BrN2O6S. The molecule has 1 atom stereocenters. The minimum atomic E-state index is -1.04. The van der Waals surface area contributed by atoms with Crippen molar-refractivity contribution in [1.29, 1.82) is 0 Å². The molecule has 1 amide bonds. The minimum Gasteiger partial charge on any atom is -0.507 e. The molecule has 0 radical (unpaired) electrons. The van der Waals surface area contributed by atoms with Crippen molar-refractivity contribution < 1.29 is 29.3 Å². The number of halogens is 1. The molecule has 8 nitrogen and oxygen atoms in total. The number of aromatic nitrogens is 1. The van der Waals surface area contributed by atoms with Gasteiger partial charge in [0, 0.05) is 5.56 Å². The van der Waals surface area contributed by atoms with Gasteiger partial charge in [0.25, 0.3) is 5.78 Å². The predicted molar refractivity (Wildman–Crippen MR) is 144 cm³/mol. The van der Waals surface area contributed by atoms with Crippen molar-refractivity contribution in [3.05, 3.63) is 81.3 Å². The number of ketones is 1. The number of benzene rings is 3. The third-order valence-corrected chi connectivity index (χ3v) is 7.73. The topological polar surface area (TPSA) is 109 Å². The Balaban J connectivity index is 1.77. The van der Waals surface area contributed by atoms with Crippen molar-refractivity contribution in [3.8, 4) is 17.2 Å². The summed E-state index contributed by atoms with van der Waals surface area (Å²) in [4.78, 5) is 32.9. The van der Waals surface area contributed by atoms with Crippen molar-refractivity contribution in [2.24, 2.45) is 0 Å². The van der Waals surface area contributed by atoms with E-state index in [1.165, 1.54) is 36.5 Å². The number of aryl methyl sites for hydroxylation is 1. The van der Waals surface area contributed by atoms with Gasteiger partial charge in [0.2, 0.25) is 0 Å². The molecule has 0 spiro atoms. The van der Waals surface area contributed by atoms with Crippen molar-refractivity contribution >= 4 is 60.1 Å². The molecule has 2 heterocycles. The van der Waals surface area contributed by atoms with Crippen LogP contribution in [-0.2, 0) is 9.59 Å². The number of amides is 1. The molecule has 5 rings (SSSR count). The summed E-state index contributed by atoms with van der Waals surface area (Å²) in [6, 6.07) is 14.4. The Kier molecular flexibility index (Phi) is 6.38. The van der Waals surface area contributed by atoms with Crippen LogP contribution in [0.15, 0.2) is 64.6 Å². The van der Waals surface area contributed by atoms with Gasteiger partial charge >= 0.3 is 5.91 Å². The highest BCUT2D eigenvalue weighted by Gasteiger charge is 2.48. The summed E-state index contributed by atoms with van der Waals surface area (Å²) in [7, 11) is 2.89. The highest BCUT2D eigenvalue weighted by atomic mass is 79.9. The van der Waals surface area contributed by atoms with E-state index in [0.717, 1.165) is 10.3 Å². The van der Waals surface area contributed by atoms with Gasteiger partial charge in [-0.05, 0) is 70.4 Å². The second-order valence-electron chi connectivity index (χ2n) is 8.42. The molecule has 0 bridgehead atoms. The molecule has 1 unspecified atom stereocenters. The van der Waals surface area contributed by atoms with E-state index in [2.05, 4.69) is 20.9 Å². The van der Waals surface area contributed by atoms with Crippen molar-refractivity contribution in [2.75, 3.05) is 19.1 Å². The molecule has 1 aliphatic rings. The Morgan fingerprint density at radius 2 is 1.86 bits per heavy atom. The maximum atomic E-state index is 13.5. The number of phenolic OH excluding ortho intramolecular Hbond substituents is 1. The lowest BCUT2D eigenvalue weighted by Crippen LogP contribution is -2.29. The van der Waals surface area contributed by atoms with Crippen molar-refractivity contribution in [3.63, 3.8) is 0 Å². The quantitative estimate of drug-likeness (QED) is 0.176. The number of carbonyl (C=O) groups is 2. The Bertz CT molecular complexity index is 1610. The van der Waals surface area contributed by atoms with Gasteiger partial charge in [0.15, 0.2) is 16.6 Å². The Morgan fingerprint density at radius 3 is 2.59 bits per heavy atom. The number of carbonyl (C=O) groups excluding carboxylic acids is 2. The van der Waals surface area contributed by atoms with Gasteiger partial charge in [-0.1, -0.05) is 29.5 Å². The minimum absolute atomic E-state index is 0.117. The summed E-state index contributed by atoms with van der Waals surface area (Å²) in [6.45, 7) is 1.96. The molecular weight excluding hydrogens is 560 g/mol. The molecule has 1 aliphatic heterocycles. The number of aromatic hydroxyl groups is 1. The molecule has 4 aromatic rings. The number of phenols is 1. The van der Waals surface area contributed by atoms with Gasteiger partial charge in [-0.2, -0.15) is 0 Å². The molecule has 0 saturated carbocycles. The van der Waals surface area contributed by atoms with Crippen LogP contribution in [0, 0.1) is 6.92 Å². The van der Waals surface area contributed by atoms with Crippen LogP contribution in [0.5, 0.6) is 17.2 Å².